The maximum atomic E-state index is 13.3. The highest BCUT2D eigenvalue weighted by molar-refractivity contribution is 7.93. The monoisotopic (exact) mass is 558 g/mol. The van der Waals surface area contributed by atoms with Gasteiger partial charge in [-0.2, -0.15) is 0 Å². The minimum Gasteiger partial charge on any atom is -0.477 e. The van der Waals surface area contributed by atoms with E-state index in [1.807, 2.05) is 6.92 Å². The zero-order valence-corrected chi connectivity index (χ0v) is 22.6. The minimum absolute atomic E-state index is 0.277. The van der Waals surface area contributed by atoms with Gasteiger partial charge in [0, 0.05) is 45.1 Å². The fourth-order valence-corrected chi connectivity index (χ4v) is 6.25. The summed E-state index contributed by atoms with van der Waals surface area (Å²) in [5, 5.41) is 6.33. The van der Waals surface area contributed by atoms with Gasteiger partial charge in [-0.3, -0.25) is 24.4 Å². The lowest BCUT2D eigenvalue weighted by molar-refractivity contribution is 0.0920. The maximum absolute atomic E-state index is 13.3. The van der Waals surface area contributed by atoms with Crippen LogP contribution in [0.2, 0.25) is 0 Å². The Morgan fingerprint density at radius 3 is 2.82 bits per heavy atom. The van der Waals surface area contributed by atoms with Crippen LogP contribution in [0, 0.1) is 0 Å². The molecule has 3 aromatic heterocycles. The summed E-state index contributed by atoms with van der Waals surface area (Å²) in [5.74, 6) is 0.0600. The molecule has 1 amide bonds. The highest BCUT2D eigenvalue weighted by Crippen LogP contribution is 2.30. The van der Waals surface area contributed by atoms with Gasteiger partial charge in [0.15, 0.2) is 5.01 Å². The first kappa shape index (κ1) is 26.4. The highest BCUT2D eigenvalue weighted by atomic mass is 32.2. The molecule has 2 aliphatic rings. The molecule has 0 unspecified atom stereocenters. The Morgan fingerprint density at radius 1 is 1.24 bits per heavy atom. The lowest BCUT2D eigenvalue weighted by Crippen LogP contribution is -2.47. The largest absolute Gasteiger partial charge is 0.477 e. The summed E-state index contributed by atoms with van der Waals surface area (Å²) in [7, 11) is -3.42. The predicted octanol–water partition coefficient (Wildman–Crippen LogP) is 1.67. The van der Waals surface area contributed by atoms with Crippen molar-refractivity contribution in [3.63, 3.8) is 0 Å². The zero-order valence-electron chi connectivity index (χ0n) is 21.0. The van der Waals surface area contributed by atoms with Crippen LogP contribution in [0.4, 0.5) is 5.69 Å². The van der Waals surface area contributed by atoms with Crippen molar-refractivity contribution in [3.05, 3.63) is 47.6 Å². The fourth-order valence-electron chi connectivity index (χ4n) is 4.10. The van der Waals surface area contributed by atoms with Gasteiger partial charge in [-0.15, -0.1) is 11.3 Å². The number of nitrogens with zero attached hydrogens (tertiary/aromatic N) is 5. The van der Waals surface area contributed by atoms with Crippen molar-refractivity contribution in [2.24, 2.45) is 0 Å². The third kappa shape index (κ3) is 6.62. The molecule has 1 aliphatic carbocycles. The quantitative estimate of drug-likeness (QED) is 0.317. The summed E-state index contributed by atoms with van der Waals surface area (Å²) in [6, 6.07) is 2.84. The number of piperazine rings is 1. The number of sulfonamides is 1. The van der Waals surface area contributed by atoms with E-state index >= 15 is 0 Å². The topological polar surface area (TPSA) is 151 Å². The number of carbonyl (C=O) groups excluding carboxylic acids is 1. The van der Waals surface area contributed by atoms with Crippen LogP contribution in [0.5, 0.6) is 5.88 Å². The van der Waals surface area contributed by atoms with E-state index in [2.05, 4.69) is 40.2 Å². The molecule has 38 heavy (non-hydrogen) atoms. The Morgan fingerprint density at radius 2 is 2.05 bits per heavy atom. The standard InChI is InChI=1S/C24H30N8O4S2/c1-2-36-22-14-26-12-19(29-22)21-13-28-24(37-21)23(33)30-20(15-32-9-7-25-8-10-32)18-11-16(5-6-27-18)31-38(34,35)17-3-4-17/h5-6,11-14,17,20,25H,2-4,7-10,15H2,1H3,(H,27,31)(H,30,33)/t20-/m0/s1. The number of carbonyl (C=O) groups is 1. The van der Waals surface area contributed by atoms with Gasteiger partial charge in [0.25, 0.3) is 5.91 Å². The third-order valence-corrected chi connectivity index (χ3v) is 9.06. The number of rotatable bonds is 11. The Hall–Kier alpha value is -3.20. The van der Waals surface area contributed by atoms with E-state index in [-0.39, 0.29) is 16.2 Å². The van der Waals surface area contributed by atoms with E-state index < -0.39 is 16.1 Å². The molecule has 1 saturated heterocycles. The second-order valence-corrected chi connectivity index (χ2v) is 12.1. The number of hydrogen-bond acceptors (Lipinski definition) is 11. The van der Waals surface area contributed by atoms with E-state index in [1.165, 1.54) is 17.5 Å². The number of aromatic nitrogens is 4. The molecule has 4 heterocycles. The van der Waals surface area contributed by atoms with Gasteiger partial charge in [-0.1, -0.05) is 0 Å². The number of ether oxygens (including phenoxy) is 1. The molecule has 1 saturated carbocycles. The fraction of sp³-hybridized carbons (Fsp3) is 0.458. The number of pyridine rings is 1. The zero-order chi connectivity index (χ0) is 26.5. The van der Waals surface area contributed by atoms with E-state index in [9.17, 15) is 13.2 Å². The molecule has 1 aliphatic heterocycles. The normalized spacial score (nSPS) is 17.1. The molecule has 3 N–H and O–H groups in total. The molecule has 0 radical (unpaired) electrons. The van der Waals surface area contributed by atoms with Crippen LogP contribution < -0.4 is 20.1 Å². The Balaban J connectivity index is 1.35. The van der Waals surface area contributed by atoms with Crippen molar-refractivity contribution in [2.45, 2.75) is 31.1 Å². The Bertz CT molecular complexity index is 1370. The van der Waals surface area contributed by atoms with Crippen molar-refractivity contribution < 1.29 is 17.9 Å². The van der Waals surface area contributed by atoms with Gasteiger partial charge >= 0.3 is 0 Å². The van der Waals surface area contributed by atoms with Crippen LogP contribution in [0.15, 0.2) is 36.9 Å². The Kier molecular flexibility index (Phi) is 8.12. The van der Waals surface area contributed by atoms with Crippen LogP contribution in [0.3, 0.4) is 0 Å². The van der Waals surface area contributed by atoms with Crippen molar-refractivity contribution in [1.29, 1.82) is 0 Å². The van der Waals surface area contributed by atoms with Crippen LogP contribution in [-0.4, -0.2) is 83.7 Å². The molecular formula is C24H30N8O4S2. The average molecular weight is 559 g/mol. The van der Waals surface area contributed by atoms with E-state index in [0.717, 1.165) is 26.2 Å². The van der Waals surface area contributed by atoms with Crippen LogP contribution in [0.25, 0.3) is 10.6 Å². The predicted molar refractivity (Wildman–Crippen MR) is 144 cm³/mol. The number of hydrogen-bond donors (Lipinski definition) is 3. The average Bonchev–Trinajstić information content (AvgIpc) is 3.67. The molecule has 0 bridgehead atoms. The molecular weight excluding hydrogens is 528 g/mol. The number of thiazole rings is 1. The molecule has 2 fully saturated rings. The number of nitrogens with one attached hydrogen (secondary N) is 3. The van der Waals surface area contributed by atoms with Crippen molar-refractivity contribution in [3.8, 4) is 16.5 Å². The third-order valence-electron chi connectivity index (χ3n) is 6.17. The van der Waals surface area contributed by atoms with Gasteiger partial charge in [-0.05, 0) is 31.9 Å². The smallest absolute Gasteiger partial charge is 0.280 e. The summed E-state index contributed by atoms with van der Waals surface area (Å²) in [6.07, 6.45) is 7.63. The van der Waals surface area contributed by atoms with Crippen molar-refractivity contribution >= 4 is 33.0 Å². The first-order valence-corrected chi connectivity index (χ1v) is 14.9. The van der Waals surface area contributed by atoms with Crippen LogP contribution in [-0.2, 0) is 10.0 Å². The minimum atomic E-state index is -3.42. The second-order valence-electron chi connectivity index (χ2n) is 9.10. The molecule has 5 rings (SSSR count). The summed E-state index contributed by atoms with van der Waals surface area (Å²) in [6.45, 7) is 6.24. The molecule has 14 heteroatoms. The van der Waals surface area contributed by atoms with Crippen LogP contribution >= 0.6 is 11.3 Å². The van der Waals surface area contributed by atoms with E-state index in [4.69, 9.17) is 4.74 Å². The van der Waals surface area contributed by atoms with Crippen molar-refractivity contribution in [2.75, 3.05) is 44.1 Å². The van der Waals surface area contributed by atoms with Crippen molar-refractivity contribution in [1.82, 2.24) is 35.5 Å². The summed E-state index contributed by atoms with van der Waals surface area (Å²) in [4.78, 5) is 33.6. The maximum Gasteiger partial charge on any atom is 0.280 e. The van der Waals surface area contributed by atoms with Gasteiger partial charge in [0.05, 0.1) is 46.6 Å². The lowest BCUT2D eigenvalue weighted by Gasteiger charge is -2.31. The molecule has 12 nitrogen and oxygen atoms in total. The number of amides is 1. The summed E-state index contributed by atoms with van der Waals surface area (Å²) < 4.78 is 33.0. The molecule has 0 aromatic carbocycles. The molecule has 1 atom stereocenters. The molecule has 3 aromatic rings. The first-order chi connectivity index (χ1) is 18.4. The summed E-state index contributed by atoms with van der Waals surface area (Å²) >= 11 is 1.21. The summed E-state index contributed by atoms with van der Waals surface area (Å²) in [5.41, 5.74) is 1.58. The van der Waals surface area contributed by atoms with E-state index in [1.54, 1.807) is 30.7 Å². The SMILES string of the molecule is CCOc1cncc(-c2cnc(C(=O)N[C@@H](CN3CCNCC3)c3cc(NS(=O)(=O)C4CC4)ccn3)s2)n1. The van der Waals surface area contributed by atoms with Gasteiger partial charge in [-0.25, -0.2) is 18.4 Å². The lowest BCUT2D eigenvalue weighted by atomic mass is 10.1. The van der Waals surface area contributed by atoms with Gasteiger partial charge < -0.3 is 15.4 Å². The Labute approximate surface area is 225 Å². The molecule has 202 valence electrons. The van der Waals surface area contributed by atoms with Gasteiger partial charge in [0.1, 0.15) is 5.69 Å². The van der Waals surface area contributed by atoms with E-state index in [0.29, 0.717) is 53.8 Å². The van der Waals surface area contributed by atoms with Crippen LogP contribution in [0.1, 0.15) is 41.3 Å². The highest BCUT2D eigenvalue weighted by Gasteiger charge is 2.36. The van der Waals surface area contributed by atoms with Gasteiger partial charge in [0.2, 0.25) is 15.9 Å². The molecule has 0 spiro atoms. The first-order valence-electron chi connectivity index (χ1n) is 12.5. The second kappa shape index (κ2) is 11.7. The number of anilines is 1.